The van der Waals surface area contributed by atoms with Crippen molar-refractivity contribution in [3.05, 3.63) is 53.2 Å². The SMILES string of the molecule is Cc1noc(C(NC/C=C/c2ccc(C#N)cc2)C2CCOCC2)n1. The molecule has 1 N–H and O–H groups in total. The number of aryl methyl sites for hydroxylation is 1. The van der Waals surface area contributed by atoms with E-state index >= 15 is 0 Å². The fourth-order valence-corrected chi connectivity index (χ4v) is 3.00. The second kappa shape index (κ2) is 8.56. The Hall–Kier alpha value is -2.49. The van der Waals surface area contributed by atoms with Gasteiger partial charge in [0.05, 0.1) is 17.7 Å². The molecule has 0 spiro atoms. The average molecular weight is 338 g/mol. The Morgan fingerprint density at radius 1 is 1.32 bits per heavy atom. The molecule has 0 amide bonds. The van der Waals surface area contributed by atoms with Crippen LogP contribution in [0.25, 0.3) is 6.08 Å². The van der Waals surface area contributed by atoms with Crippen molar-refractivity contribution >= 4 is 6.08 Å². The maximum absolute atomic E-state index is 8.83. The highest BCUT2D eigenvalue weighted by Gasteiger charge is 2.28. The van der Waals surface area contributed by atoms with Gasteiger partial charge in [-0.2, -0.15) is 10.2 Å². The van der Waals surface area contributed by atoms with Crippen molar-refractivity contribution in [1.29, 1.82) is 5.26 Å². The molecule has 6 nitrogen and oxygen atoms in total. The van der Waals surface area contributed by atoms with E-state index in [0.717, 1.165) is 31.6 Å². The van der Waals surface area contributed by atoms with Crippen molar-refractivity contribution in [2.75, 3.05) is 19.8 Å². The number of aromatic nitrogens is 2. The molecule has 1 aromatic heterocycles. The Labute approximate surface area is 147 Å². The quantitative estimate of drug-likeness (QED) is 0.871. The topological polar surface area (TPSA) is 84.0 Å². The number of rotatable bonds is 6. The smallest absolute Gasteiger partial charge is 0.244 e. The first-order valence-electron chi connectivity index (χ1n) is 8.54. The van der Waals surface area contributed by atoms with Crippen LogP contribution in [-0.2, 0) is 4.74 Å². The molecule has 3 rings (SSSR count). The number of hydrogen-bond donors (Lipinski definition) is 1. The van der Waals surface area contributed by atoms with Crippen LogP contribution >= 0.6 is 0 Å². The van der Waals surface area contributed by atoms with Crippen molar-refractivity contribution < 1.29 is 9.26 Å². The van der Waals surface area contributed by atoms with Crippen LogP contribution in [0.5, 0.6) is 0 Å². The summed E-state index contributed by atoms with van der Waals surface area (Å²) in [5.74, 6) is 1.73. The molecular weight excluding hydrogens is 316 g/mol. The average Bonchev–Trinajstić information content (AvgIpc) is 3.09. The summed E-state index contributed by atoms with van der Waals surface area (Å²) >= 11 is 0. The molecule has 1 aliphatic heterocycles. The van der Waals surface area contributed by atoms with E-state index in [1.54, 1.807) is 0 Å². The summed E-state index contributed by atoms with van der Waals surface area (Å²) in [5, 5.41) is 16.3. The maximum atomic E-state index is 8.83. The first kappa shape index (κ1) is 17.3. The fraction of sp³-hybridized carbons (Fsp3) is 0.421. The lowest BCUT2D eigenvalue weighted by Crippen LogP contribution is -2.32. The number of nitriles is 1. The Bertz CT molecular complexity index is 740. The molecule has 6 heteroatoms. The summed E-state index contributed by atoms with van der Waals surface area (Å²) in [4.78, 5) is 4.41. The van der Waals surface area contributed by atoms with Crippen LogP contribution < -0.4 is 5.32 Å². The van der Waals surface area contributed by atoms with E-state index in [9.17, 15) is 0 Å². The molecule has 1 atom stereocenters. The molecule has 0 radical (unpaired) electrons. The van der Waals surface area contributed by atoms with Crippen molar-refractivity contribution in [1.82, 2.24) is 15.5 Å². The zero-order valence-corrected chi connectivity index (χ0v) is 14.3. The third-order valence-electron chi connectivity index (χ3n) is 4.35. The van der Waals surface area contributed by atoms with Gasteiger partial charge in [-0.25, -0.2) is 0 Å². The van der Waals surface area contributed by atoms with E-state index in [2.05, 4.69) is 27.6 Å². The molecule has 1 aliphatic rings. The predicted octanol–water partition coefficient (Wildman–Crippen LogP) is 3.02. The predicted molar refractivity (Wildman–Crippen MR) is 93.5 cm³/mol. The van der Waals surface area contributed by atoms with Gasteiger partial charge >= 0.3 is 0 Å². The van der Waals surface area contributed by atoms with Crippen molar-refractivity contribution in [3.8, 4) is 6.07 Å². The maximum Gasteiger partial charge on any atom is 0.244 e. The monoisotopic (exact) mass is 338 g/mol. The minimum absolute atomic E-state index is 0.0377. The lowest BCUT2D eigenvalue weighted by atomic mass is 9.91. The third-order valence-corrected chi connectivity index (χ3v) is 4.35. The highest BCUT2D eigenvalue weighted by atomic mass is 16.5. The molecule has 25 heavy (non-hydrogen) atoms. The minimum atomic E-state index is 0.0377. The second-order valence-electron chi connectivity index (χ2n) is 6.15. The normalized spacial score (nSPS) is 16.8. The minimum Gasteiger partial charge on any atom is -0.381 e. The van der Waals surface area contributed by atoms with E-state index in [4.69, 9.17) is 14.5 Å². The standard InChI is InChI=1S/C19H22N4O2/c1-14-22-19(25-23-14)18(17-8-11-24-12-9-17)21-10-2-3-15-4-6-16(13-20)7-5-15/h2-7,17-18,21H,8-12H2,1H3/b3-2+. The van der Waals surface area contributed by atoms with Gasteiger partial charge in [0.15, 0.2) is 5.82 Å². The van der Waals surface area contributed by atoms with Gasteiger partial charge < -0.3 is 14.6 Å². The van der Waals surface area contributed by atoms with Crippen molar-refractivity contribution in [3.63, 3.8) is 0 Å². The van der Waals surface area contributed by atoms with Crippen LogP contribution in [0.3, 0.4) is 0 Å². The Morgan fingerprint density at radius 2 is 2.08 bits per heavy atom. The Balaban J connectivity index is 1.61. The van der Waals surface area contributed by atoms with Crippen LogP contribution in [0, 0.1) is 24.2 Å². The first-order valence-corrected chi connectivity index (χ1v) is 8.54. The van der Waals surface area contributed by atoms with Gasteiger partial charge in [-0.3, -0.25) is 0 Å². The van der Waals surface area contributed by atoms with Gasteiger partial charge in [0.2, 0.25) is 5.89 Å². The van der Waals surface area contributed by atoms with Crippen molar-refractivity contribution in [2.24, 2.45) is 5.92 Å². The van der Waals surface area contributed by atoms with Crippen LogP contribution in [0.2, 0.25) is 0 Å². The molecule has 1 fully saturated rings. The van der Waals surface area contributed by atoms with Gasteiger partial charge in [0.25, 0.3) is 0 Å². The number of benzene rings is 1. The Morgan fingerprint density at radius 3 is 2.72 bits per heavy atom. The molecule has 2 heterocycles. The van der Waals surface area contributed by atoms with Crippen LogP contribution in [-0.4, -0.2) is 29.9 Å². The van der Waals surface area contributed by atoms with Gasteiger partial charge in [-0.05, 0) is 43.4 Å². The highest BCUT2D eigenvalue weighted by molar-refractivity contribution is 5.51. The summed E-state index contributed by atoms with van der Waals surface area (Å²) in [5.41, 5.74) is 1.73. The van der Waals surface area contributed by atoms with E-state index in [-0.39, 0.29) is 6.04 Å². The van der Waals surface area contributed by atoms with Gasteiger partial charge in [0, 0.05) is 19.8 Å². The molecule has 130 valence electrons. The fourth-order valence-electron chi connectivity index (χ4n) is 3.00. The van der Waals surface area contributed by atoms with Gasteiger partial charge in [-0.1, -0.05) is 29.4 Å². The summed E-state index contributed by atoms with van der Waals surface area (Å²) in [6.45, 7) is 4.08. The van der Waals surface area contributed by atoms with Crippen LogP contribution in [0.15, 0.2) is 34.9 Å². The number of ether oxygens (including phenoxy) is 1. The van der Waals surface area contributed by atoms with Gasteiger partial charge in [0.1, 0.15) is 0 Å². The number of hydrogen-bond acceptors (Lipinski definition) is 6. The second-order valence-corrected chi connectivity index (χ2v) is 6.15. The molecule has 0 saturated carbocycles. The first-order chi connectivity index (χ1) is 12.3. The highest BCUT2D eigenvalue weighted by Crippen LogP contribution is 2.29. The molecule has 2 aromatic rings. The van der Waals surface area contributed by atoms with E-state index in [1.807, 2.05) is 37.3 Å². The third kappa shape index (κ3) is 4.75. The molecule has 1 aromatic carbocycles. The van der Waals surface area contributed by atoms with Crippen LogP contribution in [0.1, 0.15) is 41.7 Å². The number of nitrogens with one attached hydrogen (secondary N) is 1. The Kier molecular flexibility index (Phi) is 5.94. The summed E-state index contributed by atoms with van der Waals surface area (Å²) in [6, 6.07) is 9.67. The lowest BCUT2D eigenvalue weighted by Gasteiger charge is -2.28. The van der Waals surface area contributed by atoms with Crippen molar-refractivity contribution in [2.45, 2.75) is 25.8 Å². The van der Waals surface area contributed by atoms with E-state index < -0.39 is 0 Å². The largest absolute Gasteiger partial charge is 0.381 e. The summed E-state index contributed by atoms with van der Waals surface area (Å²) in [7, 11) is 0. The van der Waals surface area contributed by atoms with E-state index in [0.29, 0.717) is 29.7 Å². The molecule has 1 saturated heterocycles. The molecule has 0 aliphatic carbocycles. The number of nitrogens with zero attached hydrogens (tertiary/aromatic N) is 3. The zero-order chi connectivity index (χ0) is 17.5. The van der Waals surface area contributed by atoms with E-state index in [1.165, 1.54) is 0 Å². The lowest BCUT2D eigenvalue weighted by molar-refractivity contribution is 0.0494. The summed E-state index contributed by atoms with van der Waals surface area (Å²) < 4.78 is 10.9. The molecule has 0 bridgehead atoms. The molecular formula is C19H22N4O2. The van der Waals surface area contributed by atoms with Gasteiger partial charge in [-0.15, -0.1) is 0 Å². The summed E-state index contributed by atoms with van der Waals surface area (Å²) in [6.07, 6.45) is 6.07. The molecule has 1 unspecified atom stereocenters. The van der Waals surface area contributed by atoms with Crippen LogP contribution in [0.4, 0.5) is 0 Å². The zero-order valence-electron chi connectivity index (χ0n) is 14.3.